The largest absolute Gasteiger partial charge is 0.444 e. The van der Waals surface area contributed by atoms with Crippen molar-refractivity contribution in [1.82, 2.24) is 10.2 Å². The number of aryl methyl sites for hydroxylation is 1. The third kappa shape index (κ3) is 5.68. The van der Waals surface area contributed by atoms with Gasteiger partial charge in [0.05, 0.1) is 0 Å². The second kappa shape index (κ2) is 7.63. The molecule has 1 amide bonds. The summed E-state index contributed by atoms with van der Waals surface area (Å²) in [5.74, 6) is 0. The van der Waals surface area contributed by atoms with Gasteiger partial charge in [0, 0.05) is 19.1 Å². The van der Waals surface area contributed by atoms with Crippen LogP contribution in [0.5, 0.6) is 0 Å². The summed E-state index contributed by atoms with van der Waals surface area (Å²) in [6.07, 6.45) is 3.02. The number of hydrogen-bond donors (Lipinski definition) is 1. The first-order valence-corrected chi connectivity index (χ1v) is 8.19. The van der Waals surface area contributed by atoms with E-state index >= 15 is 0 Å². The predicted molar refractivity (Wildman–Crippen MR) is 89.0 cm³/mol. The lowest BCUT2D eigenvalue weighted by atomic mass is 10.1. The van der Waals surface area contributed by atoms with Gasteiger partial charge < -0.3 is 15.0 Å². The van der Waals surface area contributed by atoms with Crippen LogP contribution in [0.25, 0.3) is 0 Å². The number of nitrogens with one attached hydrogen (secondary N) is 1. The van der Waals surface area contributed by atoms with Crippen molar-refractivity contribution < 1.29 is 9.53 Å². The Kier molecular flexibility index (Phi) is 5.83. The molecule has 0 saturated carbocycles. The molecular weight excluding hydrogens is 276 g/mol. The fraction of sp³-hybridized carbons (Fsp3) is 0.611. The Morgan fingerprint density at radius 1 is 1.32 bits per heavy atom. The molecule has 122 valence electrons. The maximum Gasteiger partial charge on any atom is 0.410 e. The number of amides is 1. The van der Waals surface area contributed by atoms with E-state index in [0.717, 1.165) is 38.9 Å². The van der Waals surface area contributed by atoms with Crippen molar-refractivity contribution in [2.75, 3.05) is 19.6 Å². The highest BCUT2D eigenvalue weighted by Gasteiger charge is 2.29. The molecule has 1 aliphatic heterocycles. The topological polar surface area (TPSA) is 41.6 Å². The monoisotopic (exact) mass is 304 g/mol. The number of hydrogen-bond acceptors (Lipinski definition) is 3. The first-order chi connectivity index (χ1) is 10.4. The van der Waals surface area contributed by atoms with Gasteiger partial charge in [-0.3, -0.25) is 0 Å². The van der Waals surface area contributed by atoms with Gasteiger partial charge in [-0.1, -0.05) is 30.3 Å². The molecule has 0 spiro atoms. The molecule has 1 fully saturated rings. The molecule has 0 bridgehead atoms. The van der Waals surface area contributed by atoms with Crippen molar-refractivity contribution in [1.29, 1.82) is 0 Å². The minimum absolute atomic E-state index is 0.193. The number of likely N-dealkylation sites (tertiary alicyclic amines) is 1. The minimum atomic E-state index is -0.418. The van der Waals surface area contributed by atoms with Crippen LogP contribution in [-0.2, 0) is 11.2 Å². The fourth-order valence-corrected chi connectivity index (χ4v) is 2.66. The Hall–Kier alpha value is -1.55. The highest BCUT2D eigenvalue weighted by atomic mass is 16.6. The van der Waals surface area contributed by atoms with E-state index in [0.29, 0.717) is 6.04 Å². The van der Waals surface area contributed by atoms with E-state index in [9.17, 15) is 4.79 Å². The Balaban J connectivity index is 1.63. The molecule has 4 nitrogen and oxygen atoms in total. The molecule has 1 aromatic rings. The lowest BCUT2D eigenvalue weighted by molar-refractivity contribution is 0.0291. The average Bonchev–Trinajstić information content (AvgIpc) is 2.92. The zero-order valence-corrected chi connectivity index (χ0v) is 14.0. The first-order valence-electron chi connectivity index (χ1n) is 8.19. The summed E-state index contributed by atoms with van der Waals surface area (Å²) >= 11 is 0. The molecule has 1 heterocycles. The molecule has 1 aromatic carbocycles. The molecular formula is C18H28N2O2. The van der Waals surface area contributed by atoms with Crippen molar-refractivity contribution in [2.45, 2.75) is 51.7 Å². The standard InChI is InChI=1S/C18H28N2O2/c1-18(2,3)22-17(21)20-13-11-16(14-20)19-12-7-10-15-8-5-4-6-9-15/h4-6,8-9,16,19H,7,10-14H2,1-3H3/t16-/m0/s1. The van der Waals surface area contributed by atoms with Crippen molar-refractivity contribution in [3.63, 3.8) is 0 Å². The van der Waals surface area contributed by atoms with Gasteiger partial charge in [-0.15, -0.1) is 0 Å². The third-order valence-electron chi connectivity index (χ3n) is 3.76. The van der Waals surface area contributed by atoms with Gasteiger partial charge in [0.15, 0.2) is 0 Å². The maximum atomic E-state index is 12.0. The van der Waals surface area contributed by atoms with Crippen LogP contribution in [-0.4, -0.2) is 42.3 Å². The van der Waals surface area contributed by atoms with Crippen molar-refractivity contribution in [3.8, 4) is 0 Å². The number of carbonyl (C=O) groups excluding carboxylic acids is 1. The van der Waals surface area contributed by atoms with Crippen LogP contribution in [0.2, 0.25) is 0 Å². The summed E-state index contributed by atoms with van der Waals surface area (Å²) in [4.78, 5) is 13.8. The molecule has 1 saturated heterocycles. The highest BCUT2D eigenvalue weighted by molar-refractivity contribution is 5.68. The summed E-state index contributed by atoms with van der Waals surface area (Å²) in [5, 5.41) is 3.55. The molecule has 4 heteroatoms. The Morgan fingerprint density at radius 2 is 2.05 bits per heavy atom. The quantitative estimate of drug-likeness (QED) is 0.849. The van der Waals surface area contributed by atoms with Crippen LogP contribution < -0.4 is 5.32 Å². The van der Waals surface area contributed by atoms with Gasteiger partial charge in [0.25, 0.3) is 0 Å². The number of benzene rings is 1. The Morgan fingerprint density at radius 3 is 2.73 bits per heavy atom. The molecule has 2 rings (SSSR count). The van der Waals surface area contributed by atoms with E-state index in [1.54, 1.807) is 4.90 Å². The van der Waals surface area contributed by atoms with Crippen LogP contribution in [0, 0.1) is 0 Å². The maximum absolute atomic E-state index is 12.0. The van der Waals surface area contributed by atoms with E-state index < -0.39 is 5.60 Å². The fourth-order valence-electron chi connectivity index (χ4n) is 2.66. The van der Waals surface area contributed by atoms with Crippen LogP contribution in [0.3, 0.4) is 0 Å². The van der Waals surface area contributed by atoms with E-state index in [4.69, 9.17) is 4.74 Å². The molecule has 1 atom stereocenters. The summed E-state index contributed by atoms with van der Waals surface area (Å²) in [6.45, 7) is 8.23. The molecule has 1 N–H and O–H groups in total. The number of rotatable bonds is 5. The zero-order chi connectivity index (χ0) is 16.0. The molecule has 0 radical (unpaired) electrons. The van der Waals surface area contributed by atoms with E-state index in [1.165, 1.54) is 5.56 Å². The smallest absolute Gasteiger partial charge is 0.410 e. The molecule has 0 aromatic heterocycles. The van der Waals surface area contributed by atoms with Crippen LogP contribution in [0.4, 0.5) is 4.79 Å². The highest BCUT2D eigenvalue weighted by Crippen LogP contribution is 2.15. The normalized spacial score (nSPS) is 18.5. The second-order valence-electron chi connectivity index (χ2n) is 6.96. The van der Waals surface area contributed by atoms with Gasteiger partial charge in [-0.05, 0) is 52.1 Å². The van der Waals surface area contributed by atoms with E-state index in [1.807, 2.05) is 26.8 Å². The molecule has 22 heavy (non-hydrogen) atoms. The average molecular weight is 304 g/mol. The van der Waals surface area contributed by atoms with Crippen molar-refractivity contribution in [3.05, 3.63) is 35.9 Å². The third-order valence-corrected chi connectivity index (χ3v) is 3.76. The lowest BCUT2D eigenvalue weighted by Crippen LogP contribution is -2.38. The zero-order valence-electron chi connectivity index (χ0n) is 14.0. The lowest BCUT2D eigenvalue weighted by Gasteiger charge is -2.24. The van der Waals surface area contributed by atoms with Gasteiger partial charge >= 0.3 is 6.09 Å². The van der Waals surface area contributed by atoms with Crippen LogP contribution in [0.1, 0.15) is 39.2 Å². The Bertz CT molecular complexity index is 468. The minimum Gasteiger partial charge on any atom is -0.444 e. The molecule has 1 aliphatic rings. The number of carbonyl (C=O) groups is 1. The van der Waals surface area contributed by atoms with Crippen molar-refractivity contribution in [2.24, 2.45) is 0 Å². The summed E-state index contributed by atoms with van der Waals surface area (Å²) in [5.41, 5.74) is 0.962. The summed E-state index contributed by atoms with van der Waals surface area (Å²) < 4.78 is 5.41. The second-order valence-corrected chi connectivity index (χ2v) is 6.96. The summed E-state index contributed by atoms with van der Waals surface area (Å²) in [7, 11) is 0. The SMILES string of the molecule is CC(C)(C)OC(=O)N1CC[C@H](NCCCc2ccccc2)C1. The van der Waals surface area contributed by atoms with Gasteiger partial charge in [0.2, 0.25) is 0 Å². The van der Waals surface area contributed by atoms with Crippen molar-refractivity contribution >= 4 is 6.09 Å². The molecule has 0 aliphatic carbocycles. The van der Waals surface area contributed by atoms with Crippen LogP contribution >= 0.6 is 0 Å². The van der Waals surface area contributed by atoms with Crippen LogP contribution in [0.15, 0.2) is 30.3 Å². The van der Waals surface area contributed by atoms with E-state index in [-0.39, 0.29) is 6.09 Å². The Labute approximate surface area is 133 Å². The number of nitrogens with zero attached hydrogens (tertiary/aromatic N) is 1. The van der Waals surface area contributed by atoms with Gasteiger partial charge in [0.1, 0.15) is 5.60 Å². The first kappa shape index (κ1) is 16.8. The number of ether oxygens (including phenoxy) is 1. The van der Waals surface area contributed by atoms with Gasteiger partial charge in [-0.2, -0.15) is 0 Å². The predicted octanol–water partition coefficient (Wildman–Crippen LogP) is 3.22. The van der Waals surface area contributed by atoms with Gasteiger partial charge in [-0.25, -0.2) is 4.79 Å². The van der Waals surface area contributed by atoms with E-state index in [2.05, 4.69) is 29.6 Å². The summed E-state index contributed by atoms with van der Waals surface area (Å²) in [6, 6.07) is 10.9. The molecule has 0 unspecified atom stereocenters.